The van der Waals surface area contributed by atoms with Gasteiger partial charge in [0, 0.05) is 12.2 Å². The number of benzene rings is 2. The molecule has 2 N–H and O–H groups in total. The molecule has 0 saturated carbocycles. The quantitative estimate of drug-likeness (QED) is 0.859. The van der Waals surface area contributed by atoms with Gasteiger partial charge in [-0.15, -0.1) is 0 Å². The van der Waals surface area contributed by atoms with E-state index in [0.717, 1.165) is 17.8 Å². The summed E-state index contributed by atoms with van der Waals surface area (Å²) in [5.74, 6) is 0. The van der Waals surface area contributed by atoms with E-state index in [1.165, 1.54) is 16.7 Å². The molecular formula is C16H19NO. The van der Waals surface area contributed by atoms with Crippen molar-refractivity contribution in [2.45, 2.75) is 27.0 Å². The SMILES string of the molecule is Cc1cccc(CNc2cc(CO)ccc2C)c1. The molecule has 2 nitrogen and oxygen atoms in total. The molecule has 18 heavy (non-hydrogen) atoms. The van der Waals surface area contributed by atoms with Gasteiger partial charge in [-0.3, -0.25) is 0 Å². The van der Waals surface area contributed by atoms with Gasteiger partial charge >= 0.3 is 0 Å². The Hall–Kier alpha value is -1.80. The van der Waals surface area contributed by atoms with Gasteiger partial charge in [0.2, 0.25) is 0 Å². The summed E-state index contributed by atoms with van der Waals surface area (Å²) in [6.45, 7) is 5.05. The van der Waals surface area contributed by atoms with E-state index in [1.807, 2.05) is 18.2 Å². The Morgan fingerprint density at radius 1 is 1.00 bits per heavy atom. The second kappa shape index (κ2) is 5.69. The highest BCUT2D eigenvalue weighted by Crippen LogP contribution is 2.18. The molecule has 0 bridgehead atoms. The van der Waals surface area contributed by atoms with Crippen molar-refractivity contribution in [3.05, 3.63) is 64.7 Å². The van der Waals surface area contributed by atoms with Crippen LogP contribution in [-0.4, -0.2) is 5.11 Å². The summed E-state index contributed by atoms with van der Waals surface area (Å²) >= 11 is 0. The molecule has 0 aliphatic heterocycles. The lowest BCUT2D eigenvalue weighted by Gasteiger charge is -2.11. The van der Waals surface area contributed by atoms with Crippen LogP contribution in [0.5, 0.6) is 0 Å². The van der Waals surface area contributed by atoms with Crippen LogP contribution in [0.1, 0.15) is 22.3 Å². The molecule has 0 aliphatic rings. The standard InChI is InChI=1S/C16H19NO/c1-12-4-3-5-14(8-12)10-17-16-9-15(11-18)7-6-13(16)2/h3-9,17-18H,10-11H2,1-2H3. The number of anilines is 1. The average molecular weight is 241 g/mol. The third kappa shape index (κ3) is 3.11. The van der Waals surface area contributed by atoms with Gasteiger partial charge in [0.1, 0.15) is 0 Å². The van der Waals surface area contributed by atoms with Gasteiger partial charge in [-0.25, -0.2) is 0 Å². The van der Waals surface area contributed by atoms with Crippen LogP contribution in [0, 0.1) is 13.8 Å². The molecule has 0 heterocycles. The van der Waals surface area contributed by atoms with Crippen LogP contribution in [0.4, 0.5) is 5.69 Å². The number of hydrogen-bond donors (Lipinski definition) is 2. The Bertz CT molecular complexity index is 534. The summed E-state index contributed by atoms with van der Waals surface area (Å²) in [6, 6.07) is 14.5. The van der Waals surface area contributed by atoms with Crippen molar-refractivity contribution >= 4 is 5.69 Å². The van der Waals surface area contributed by atoms with Crippen molar-refractivity contribution in [3.8, 4) is 0 Å². The molecule has 94 valence electrons. The summed E-state index contributed by atoms with van der Waals surface area (Å²) in [5, 5.41) is 12.6. The molecule has 0 atom stereocenters. The summed E-state index contributed by atoms with van der Waals surface area (Å²) in [6.07, 6.45) is 0. The number of nitrogens with one attached hydrogen (secondary N) is 1. The maximum Gasteiger partial charge on any atom is 0.0682 e. The molecule has 0 spiro atoms. The predicted octanol–water partition coefficient (Wildman–Crippen LogP) is 3.41. The van der Waals surface area contributed by atoms with Crippen molar-refractivity contribution in [3.63, 3.8) is 0 Å². The summed E-state index contributed by atoms with van der Waals surface area (Å²) in [4.78, 5) is 0. The fourth-order valence-electron chi connectivity index (χ4n) is 1.98. The molecule has 0 saturated heterocycles. The van der Waals surface area contributed by atoms with Gasteiger partial charge in [0.15, 0.2) is 0 Å². The van der Waals surface area contributed by atoms with Gasteiger partial charge < -0.3 is 10.4 Å². The number of aliphatic hydroxyl groups is 1. The minimum Gasteiger partial charge on any atom is -0.392 e. The lowest BCUT2D eigenvalue weighted by Crippen LogP contribution is -2.02. The Kier molecular flexibility index (Phi) is 4.00. The maximum absolute atomic E-state index is 9.15. The molecule has 2 heteroatoms. The number of aryl methyl sites for hydroxylation is 2. The summed E-state index contributed by atoms with van der Waals surface area (Å²) < 4.78 is 0. The zero-order valence-corrected chi connectivity index (χ0v) is 10.9. The van der Waals surface area contributed by atoms with E-state index in [2.05, 4.69) is 43.4 Å². The molecule has 2 aromatic carbocycles. The average Bonchev–Trinajstić information content (AvgIpc) is 2.38. The van der Waals surface area contributed by atoms with E-state index in [4.69, 9.17) is 5.11 Å². The first-order valence-electron chi connectivity index (χ1n) is 6.19. The summed E-state index contributed by atoms with van der Waals surface area (Å²) in [5.41, 5.74) is 5.76. The highest BCUT2D eigenvalue weighted by Gasteiger charge is 2.00. The monoisotopic (exact) mass is 241 g/mol. The molecule has 0 fully saturated rings. The Morgan fingerprint density at radius 2 is 1.83 bits per heavy atom. The van der Waals surface area contributed by atoms with Crippen LogP contribution in [0.15, 0.2) is 42.5 Å². The molecular weight excluding hydrogens is 222 g/mol. The van der Waals surface area contributed by atoms with Crippen molar-refractivity contribution in [2.75, 3.05) is 5.32 Å². The van der Waals surface area contributed by atoms with Gasteiger partial charge in [0.05, 0.1) is 6.61 Å². The van der Waals surface area contributed by atoms with E-state index in [1.54, 1.807) is 0 Å². The fourth-order valence-corrected chi connectivity index (χ4v) is 1.98. The van der Waals surface area contributed by atoms with E-state index in [0.29, 0.717) is 0 Å². The Labute approximate surface area is 108 Å². The molecule has 0 amide bonds. The van der Waals surface area contributed by atoms with Crippen LogP contribution in [-0.2, 0) is 13.2 Å². The van der Waals surface area contributed by atoms with Crippen molar-refractivity contribution in [2.24, 2.45) is 0 Å². The molecule has 2 aromatic rings. The first-order chi connectivity index (χ1) is 8.69. The van der Waals surface area contributed by atoms with Gasteiger partial charge in [-0.2, -0.15) is 0 Å². The first kappa shape index (κ1) is 12.7. The van der Waals surface area contributed by atoms with Crippen molar-refractivity contribution in [1.82, 2.24) is 0 Å². The Balaban J connectivity index is 2.10. The number of aliphatic hydroxyl groups excluding tert-OH is 1. The van der Waals surface area contributed by atoms with Gasteiger partial charge in [-0.1, -0.05) is 42.0 Å². The van der Waals surface area contributed by atoms with Crippen LogP contribution >= 0.6 is 0 Å². The van der Waals surface area contributed by atoms with E-state index in [-0.39, 0.29) is 6.61 Å². The first-order valence-corrected chi connectivity index (χ1v) is 6.19. The molecule has 0 aromatic heterocycles. The van der Waals surface area contributed by atoms with Crippen LogP contribution < -0.4 is 5.32 Å². The fraction of sp³-hybridized carbons (Fsp3) is 0.250. The normalized spacial score (nSPS) is 10.4. The topological polar surface area (TPSA) is 32.3 Å². The zero-order valence-electron chi connectivity index (χ0n) is 10.9. The van der Waals surface area contributed by atoms with Crippen LogP contribution in [0.3, 0.4) is 0 Å². The van der Waals surface area contributed by atoms with Gasteiger partial charge in [-0.05, 0) is 36.6 Å². The molecule has 2 rings (SSSR count). The molecule has 0 radical (unpaired) electrons. The van der Waals surface area contributed by atoms with Gasteiger partial charge in [0.25, 0.3) is 0 Å². The lowest BCUT2D eigenvalue weighted by atomic mass is 10.1. The highest BCUT2D eigenvalue weighted by atomic mass is 16.3. The second-order valence-corrected chi connectivity index (χ2v) is 4.65. The van der Waals surface area contributed by atoms with Crippen molar-refractivity contribution in [1.29, 1.82) is 0 Å². The van der Waals surface area contributed by atoms with Crippen molar-refractivity contribution < 1.29 is 5.11 Å². The largest absolute Gasteiger partial charge is 0.392 e. The lowest BCUT2D eigenvalue weighted by molar-refractivity contribution is 0.282. The third-order valence-electron chi connectivity index (χ3n) is 3.05. The van der Waals surface area contributed by atoms with E-state index < -0.39 is 0 Å². The highest BCUT2D eigenvalue weighted by molar-refractivity contribution is 5.53. The third-order valence-corrected chi connectivity index (χ3v) is 3.05. The number of hydrogen-bond acceptors (Lipinski definition) is 2. The molecule has 0 aliphatic carbocycles. The molecule has 0 unspecified atom stereocenters. The minimum absolute atomic E-state index is 0.0827. The minimum atomic E-state index is 0.0827. The van der Waals surface area contributed by atoms with E-state index >= 15 is 0 Å². The smallest absolute Gasteiger partial charge is 0.0682 e. The number of rotatable bonds is 4. The van der Waals surface area contributed by atoms with Crippen LogP contribution in [0.2, 0.25) is 0 Å². The zero-order chi connectivity index (χ0) is 13.0. The second-order valence-electron chi connectivity index (χ2n) is 4.65. The maximum atomic E-state index is 9.15. The van der Waals surface area contributed by atoms with Crippen LogP contribution in [0.25, 0.3) is 0 Å². The Morgan fingerprint density at radius 3 is 2.56 bits per heavy atom. The summed E-state index contributed by atoms with van der Waals surface area (Å²) in [7, 11) is 0. The van der Waals surface area contributed by atoms with E-state index in [9.17, 15) is 0 Å². The predicted molar refractivity (Wildman–Crippen MR) is 75.6 cm³/mol.